The van der Waals surface area contributed by atoms with Crippen molar-refractivity contribution in [3.63, 3.8) is 0 Å². The predicted octanol–water partition coefficient (Wildman–Crippen LogP) is 3.48. The van der Waals surface area contributed by atoms with E-state index in [0.717, 1.165) is 25.8 Å². The molecule has 0 fully saturated rings. The smallest absolute Gasteiger partial charge is 0.224 e. The Bertz CT molecular complexity index is 545. The monoisotopic (exact) mass is 288 g/mol. The van der Waals surface area contributed by atoms with Gasteiger partial charge in [0, 0.05) is 13.1 Å². The molecule has 1 aromatic carbocycles. The van der Waals surface area contributed by atoms with Crippen LogP contribution in [0.25, 0.3) is 0 Å². The summed E-state index contributed by atoms with van der Waals surface area (Å²) in [5, 5.41) is 6.08. The van der Waals surface area contributed by atoms with Gasteiger partial charge < -0.3 is 10.6 Å². The fourth-order valence-electron chi connectivity index (χ4n) is 1.96. The minimum Gasteiger partial charge on any atom is -0.367 e. The van der Waals surface area contributed by atoms with Crippen LogP contribution >= 0.6 is 0 Å². The van der Waals surface area contributed by atoms with Gasteiger partial charge in [0.25, 0.3) is 0 Å². The van der Waals surface area contributed by atoms with Crippen LogP contribution in [-0.2, 0) is 6.42 Å². The van der Waals surface area contributed by atoms with Gasteiger partial charge in [0.2, 0.25) is 5.95 Å². The first-order valence-corrected chi connectivity index (χ1v) is 7.34. The molecule has 0 saturated heterocycles. The molecule has 1 heterocycles. The fourth-order valence-corrected chi connectivity index (χ4v) is 1.96. The standard InChI is InChI=1S/C16H21FN4/c1-2-10-19-16-20-12-14(17)15(21-16)18-11-6-9-13-7-4-3-5-8-13/h3-5,7-8,12H,2,6,9-11H2,1H3,(H2,18,19,20,21). The highest BCUT2D eigenvalue weighted by Crippen LogP contribution is 2.12. The van der Waals surface area contributed by atoms with Crippen LogP contribution in [0.4, 0.5) is 16.2 Å². The maximum atomic E-state index is 13.6. The fraction of sp³-hybridized carbons (Fsp3) is 0.375. The number of hydrogen-bond donors (Lipinski definition) is 2. The van der Waals surface area contributed by atoms with Crippen LogP contribution in [0.1, 0.15) is 25.3 Å². The molecule has 2 rings (SSSR count). The lowest BCUT2D eigenvalue weighted by atomic mass is 10.1. The summed E-state index contributed by atoms with van der Waals surface area (Å²) in [5.41, 5.74) is 1.28. The van der Waals surface area contributed by atoms with E-state index in [1.165, 1.54) is 11.8 Å². The average Bonchev–Trinajstić information content (AvgIpc) is 2.53. The molecule has 0 amide bonds. The van der Waals surface area contributed by atoms with Gasteiger partial charge in [-0.15, -0.1) is 0 Å². The van der Waals surface area contributed by atoms with E-state index in [2.05, 4.69) is 39.7 Å². The number of anilines is 2. The Morgan fingerprint density at radius 1 is 1.10 bits per heavy atom. The zero-order valence-corrected chi connectivity index (χ0v) is 12.3. The van der Waals surface area contributed by atoms with Gasteiger partial charge in [-0.25, -0.2) is 9.37 Å². The number of nitrogens with one attached hydrogen (secondary N) is 2. The van der Waals surface area contributed by atoms with Crippen LogP contribution in [0.5, 0.6) is 0 Å². The van der Waals surface area contributed by atoms with E-state index >= 15 is 0 Å². The van der Waals surface area contributed by atoms with Crippen molar-refractivity contribution in [2.45, 2.75) is 26.2 Å². The van der Waals surface area contributed by atoms with Gasteiger partial charge in [0.15, 0.2) is 11.6 Å². The highest BCUT2D eigenvalue weighted by molar-refractivity contribution is 5.40. The first-order valence-electron chi connectivity index (χ1n) is 7.34. The van der Waals surface area contributed by atoms with E-state index in [1.54, 1.807) is 0 Å². The molecule has 21 heavy (non-hydrogen) atoms. The van der Waals surface area contributed by atoms with Gasteiger partial charge in [-0.3, -0.25) is 0 Å². The number of rotatable bonds is 8. The van der Waals surface area contributed by atoms with Crippen molar-refractivity contribution in [3.05, 3.63) is 47.9 Å². The maximum absolute atomic E-state index is 13.6. The van der Waals surface area contributed by atoms with Gasteiger partial charge in [-0.2, -0.15) is 4.98 Å². The Labute approximate surface area is 124 Å². The molecule has 1 aromatic heterocycles. The molecule has 2 N–H and O–H groups in total. The summed E-state index contributed by atoms with van der Waals surface area (Å²) in [7, 11) is 0. The number of halogens is 1. The molecule has 0 bridgehead atoms. The summed E-state index contributed by atoms with van der Waals surface area (Å²) in [6.07, 6.45) is 4.05. The molecule has 4 nitrogen and oxygen atoms in total. The third-order valence-corrected chi connectivity index (χ3v) is 3.05. The third kappa shape index (κ3) is 5.02. The first kappa shape index (κ1) is 15.2. The lowest BCUT2D eigenvalue weighted by Gasteiger charge is -2.09. The Morgan fingerprint density at radius 3 is 2.67 bits per heavy atom. The molecule has 0 aliphatic heterocycles. The topological polar surface area (TPSA) is 49.8 Å². The highest BCUT2D eigenvalue weighted by Gasteiger charge is 2.05. The number of hydrogen-bond acceptors (Lipinski definition) is 4. The van der Waals surface area contributed by atoms with Crippen molar-refractivity contribution in [2.75, 3.05) is 23.7 Å². The molecule has 0 spiro atoms. The molecule has 0 aliphatic rings. The van der Waals surface area contributed by atoms with Crippen LogP contribution in [0, 0.1) is 5.82 Å². The van der Waals surface area contributed by atoms with Crippen molar-refractivity contribution in [2.24, 2.45) is 0 Å². The van der Waals surface area contributed by atoms with Crippen molar-refractivity contribution in [1.82, 2.24) is 9.97 Å². The first-order chi connectivity index (χ1) is 10.3. The van der Waals surface area contributed by atoms with Crippen molar-refractivity contribution >= 4 is 11.8 Å². The van der Waals surface area contributed by atoms with Gasteiger partial charge in [0.1, 0.15) is 0 Å². The number of benzene rings is 1. The van der Waals surface area contributed by atoms with Gasteiger partial charge >= 0.3 is 0 Å². The Kier molecular flexibility index (Phi) is 5.94. The lowest BCUT2D eigenvalue weighted by Crippen LogP contribution is -2.10. The van der Waals surface area contributed by atoms with E-state index in [4.69, 9.17) is 0 Å². The highest BCUT2D eigenvalue weighted by atomic mass is 19.1. The zero-order valence-electron chi connectivity index (χ0n) is 12.3. The summed E-state index contributed by atoms with van der Waals surface area (Å²) >= 11 is 0. The van der Waals surface area contributed by atoms with Crippen LogP contribution in [0.2, 0.25) is 0 Å². The molecule has 0 radical (unpaired) electrons. The zero-order chi connectivity index (χ0) is 14.9. The van der Waals surface area contributed by atoms with Gasteiger partial charge in [-0.05, 0) is 24.8 Å². The summed E-state index contributed by atoms with van der Waals surface area (Å²) in [4.78, 5) is 8.06. The predicted molar refractivity (Wildman–Crippen MR) is 84.0 cm³/mol. The molecule has 0 saturated carbocycles. The summed E-state index contributed by atoms with van der Waals surface area (Å²) in [6, 6.07) is 10.2. The summed E-state index contributed by atoms with van der Waals surface area (Å²) in [6.45, 7) is 3.51. The minimum absolute atomic E-state index is 0.261. The SMILES string of the molecule is CCCNc1ncc(F)c(NCCCc2ccccc2)n1. The lowest BCUT2D eigenvalue weighted by molar-refractivity contribution is 0.616. The van der Waals surface area contributed by atoms with Gasteiger partial charge in [-0.1, -0.05) is 37.3 Å². The summed E-state index contributed by atoms with van der Waals surface area (Å²) in [5.74, 6) is 0.303. The maximum Gasteiger partial charge on any atom is 0.224 e. The van der Waals surface area contributed by atoms with Crippen molar-refractivity contribution in [1.29, 1.82) is 0 Å². The minimum atomic E-state index is -0.420. The Morgan fingerprint density at radius 2 is 1.90 bits per heavy atom. The van der Waals surface area contributed by atoms with E-state index in [-0.39, 0.29) is 5.82 Å². The Hall–Kier alpha value is -2.17. The van der Waals surface area contributed by atoms with E-state index < -0.39 is 5.82 Å². The molecule has 0 unspecified atom stereocenters. The van der Waals surface area contributed by atoms with Crippen LogP contribution in [0.3, 0.4) is 0 Å². The van der Waals surface area contributed by atoms with Crippen LogP contribution < -0.4 is 10.6 Å². The third-order valence-electron chi connectivity index (χ3n) is 3.05. The number of aromatic nitrogens is 2. The molecule has 0 atom stereocenters. The van der Waals surface area contributed by atoms with E-state index in [1.807, 2.05) is 18.2 Å². The largest absolute Gasteiger partial charge is 0.367 e. The molecule has 5 heteroatoms. The number of aryl methyl sites for hydroxylation is 1. The number of nitrogens with zero attached hydrogens (tertiary/aromatic N) is 2. The quantitative estimate of drug-likeness (QED) is 0.730. The second kappa shape index (κ2) is 8.19. The van der Waals surface area contributed by atoms with Gasteiger partial charge in [0.05, 0.1) is 6.20 Å². The average molecular weight is 288 g/mol. The molecular weight excluding hydrogens is 267 g/mol. The Balaban J connectivity index is 1.82. The van der Waals surface area contributed by atoms with Crippen LogP contribution in [-0.4, -0.2) is 23.1 Å². The molecular formula is C16H21FN4. The van der Waals surface area contributed by atoms with E-state index in [9.17, 15) is 4.39 Å². The normalized spacial score (nSPS) is 10.4. The molecule has 2 aromatic rings. The van der Waals surface area contributed by atoms with Crippen LogP contribution in [0.15, 0.2) is 36.5 Å². The second-order valence-electron chi connectivity index (χ2n) is 4.83. The van der Waals surface area contributed by atoms with Crippen molar-refractivity contribution in [3.8, 4) is 0 Å². The van der Waals surface area contributed by atoms with E-state index in [0.29, 0.717) is 12.5 Å². The molecule has 112 valence electrons. The van der Waals surface area contributed by atoms with Crippen molar-refractivity contribution < 1.29 is 4.39 Å². The second-order valence-corrected chi connectivity index (χ2v) is 4.83. The molecule has 0 aliphatic carbocycles. The summed E-state index contributed by atoms with van der Waals surface area (Å²) < 4.78 is 13.6.